The van der Waals surface area contributed by atoms with Crippen LogP contribution in [0.4, 0.5) is 5.95 Å². The summed E-state index contributed by atoms with van der Waals surface area (Å²) in [5.41, 5.74) is 9.16. The molecule has 1 aliphatic rings. The average Bonchev–Trinajstić information content (AvgIpc) is 3.27. The van der Waals surface area contributed by atoms with Crippen LogP contribution in [0.5, 0.6) is 5.88 Å². The number of aromatic amines is 1. The Balaban J connectivity index is 1.65. The van der Waals surface area contributed by atoms with Gasteiger partial charge in [0.2, 0.25) is 5.95 Å². The van der Waals surface area contributed by atoms with Gasteiger partial charge in [-0.2, -0.15) is 0 Å². The highest BCUT2D eigenvalue weighted by atomic mass is 16.3. The van der Waals surface area contributed by atoms with Crippen LogP contribution in [-0.4, -0.2) is 41.5 Å². The molecule has 8 nitrogen and oxygen atoms in total. The van der Waals surface area contributed by atoms with Crippen molar-refractivity contribution in [1.29, 1.82) is 0 Å². The van der Waals surface area contributed by atoms with Crippen molar-refractivity contribution in [3.05, 3.63) is 36.8 Å². The second kappa shape index (κ2) is 6.24. The predicted octanol–water partition coefficient (Wildman–Crippen LogP) is 2.66. The third-order valence-corrected chi connectivity index (χ3v) is 5.31. The summed E-state index contributed by atoms with van der Waals surface area (Å²) >= 11 is 0. The molecule has 0 spiro atoms. The number of H-pyrrole nitrogens is 1. The van der Waals surface area contributed by atoms with Crippen molar-refractivity contribution in [2.75, 3.05) is 5.32 Å². The summed E-state index contributed by atoms with van der Waals surface area (Å²) in [5, 5.41) is 14.3. The number of imidazole rings is 1. The van der Waals surface area contributed by atoms with E-state index in [4.69, 9.17) is 10.7 Å². The number of aromatic nitrogens is 5. The molecule has 8 heteroatoms. The van der Waals surface area contributed by atoms with Gasteiger partial charge in [-0.15, -0.1) is 0 Å². The number of aromatic hydroxyl groups is 1. The van der Waals surface area contributed by atoms with Gasteiger partial charge in [0.25, 0.3) is 0 Å². The van der Waals surface area contributed by atoms with E-state index in [9.17, 15) is 5.11 Å². The second-order valence-electron chi connectivity index (χ2n) is 7.06. The maximum absolute atomic E-state index is 10.3. The Bertz CT molecular complexity index is 1120. The maximum atomic E-state index is 10.3. The molecule has 0 amide bonds. The van der Waals surface area contributed by atoms with Crippen molar-refractivity contribution in [1.82, 2.24) is 24.3 Å². The van der Waals surface area contributed by atoms with Crippen molar-refractivity contribution in [2.45, 2.75) is 37.8 Å². The van der Waals surface area contributed by atoms with Gasteiger partial charge in [0.15, 0.2) is 5.88 Å². The molecule has 0 aliphatic heterocycles. The maximum Gasteiger partial charge on any atom is 0.224 e. The number of hydrogen-bond acceptors (Lipinski definition) is 6. The first kappa shape index (κ1) is 16.1. The van der Waals surface area contributed by atoms with E-state index in [0.29, 0.717) is 22.5 Å². The van der Waals surface area contributed by atoms with E-state index in [1.54, 1.807) is 12.4 Å². The average molecular weight is 363 g/mol. The van der Waals surface area contributed by atoms with Crippen LogP contribution in [0.3, 0.4) is 0 Å². The molecule has 4 aromatic heterocycles. The van der Waals surface area contributed by atoms with Crippen LogP contribution >= 0.6 is 0 Å². The molecule has 0 aromatic carbocycles. The minimum atomic E-state index is 0.0480. The first-order chi connectivity index (χ1) is 13.2. The summed E-state index contributed by atoms with van der Waals surface area (Å²) in [6.45, 7) is 0. The molecular formula is C19H21N7O. The highest BCUT2D eigenvalue weighted by Gasteiger charge is 2.24. The third-order valence-electron chi connectivity index (χ3n) is 5.31. The van der Waals surface area contributed by atoms with E-state index in [-0.39, 0.29) is 18.0 Å². The topological polar surface area (TPSA) is 117 Å². The van der Waals surface area contributed by atoms with Gasteiger partial charge in [0, 0.05) is 24.5 Å². The molecule has 138 valence electrons. The smallest absolute Gasteiger partial charge is 0.224 e. The molecule has 1 saturated carbocycles. The largest absolute Gasteiger partial charge is 0.494 e. The van der Waals surface area contributed by atoms with Crippen LogP contribution in [0, 0.1) is 0 Å². The number of anilines is 1. The zero-order valence-electron chi connectivity index (χ0n) is 14.8. The van der Waals surface area contributed by atoms with E-state index >= 15 is 0 Å². The van der Waals surface area contributed by atoms with Crippen molar-refractivity contribution < 1.29 is 5.11 Å². The molecule has 4 heterocycles. The van der Waals surface area contributed by atoms with Crippen LogP contribution in [0.15, 0.2) is 36.8 Å². The molecule has 4 aromatic rings. The molecule has 2 atom stereocenters. The molecule has 0 radical (unpaired) electrons. The number of nitrogens with zero attached hydrogens (tertiary/aromatic N) is 4. The second-order valence-corrected chi connectivity index (χ2v) is 7.06. The molecule has 0 bridgehead atoms. The zero-order valence-corrected chi connectivity index (χ0v) is 14.8. The van der Waals surface area contributed by atoms with Crippen LogP contribution < -0.4 is 11.1 Å². The number of hydrogen-bond donors (Lipinski definition) is 4. The van der Waals surface area contributed by atoms with Gasteiger partial charge in [-0.25, -0.2) is 15.0 Å². The standard InChI is InChI=1S/C19H21N7O/c20-11-5-1-2-6-12(11)23-19-24-13-9-22-18(27)16(13)17(25-19)14-10-21-15-7-3-4-8-26(14)15/h3-4,7-12,22,27H,1-2,5-6,20H2,(H,23,24)/t11-,12+/m0/s1. The lowest BCUT2D eigenvalue weighted by molar-refractivity contribution is 0.402. The van der Waals surface area contributed by atoms with Crippen molar-refractivity contribution >= 4 is 22.5 Å². The first-order valence-corrected chi connectivity index (χ1v) is 9.23. The van der Waals surface area contributed by atoms with Gasteiger partial charge in [-0.05, 0) is 25.0 Å². The highest BCUT2D eigenvalue weighted by Crippen LogP contribution is 2.34. The van der Waals surface area contributed by atoms with E-state index in [1.807, 2.05) is 28.8 Å². The van der Waals surface area contributed by atoms with Gasteiger partial charge in [-0.1, -0.05) is 18.9 Å². The number of nitrogens with one attached hydrogen (secondary N) is 2. The molecular weight excluding hydrogens is 342 g/mol. The van der Waals surface area contributed by atoms with Crippen LogP contribution in [0.2, 0.25) is 0 Å². The van der Waals surface area contributed by atoms with E-state index in [2.05, 4.69) is 20.3 Å². The van der Waals surface area contributed by atoms with Crippen molar-refractivity contribution in [3.63, 3.8) is 0 Å². The molecule has 1 aliphatic carbocycles. The molecule has 5 rings (SSSR count). The number of nitrogens with two attached hydrogens (primary N) is 1. The monoisotopic (exact) mass is 363 g/mol. The summed E-state index contributed by atoms with van der Waals surface area (Å²) in [5.74, 6) is 0.566. The summed E-state index contributed by atoms with van der Waals surface area (Å²) in [7, 11) is 0. The minimum Gasteiger partial charge on any atom is -0.494 e. The Kier molecular flexibility index (Phi) is 3.71. The van der Waals surface area contributed by atoms with Crippen molar-refractivity contribution in [3.8, 4) is 17.3 Å². The fourth-order valence-electron chi connectivity index (χ4n) is 3.89. The Morgan fingerprint density at radius 3 is 3.00 bits per heavy atom. The lowest BCUT2D eigenvalue weighted by atomic mass is 9.91. The normalized spacial score (nSPS) is 20.3. The molecule has 1 fully saturated rings. The quantitative estimate of drug-likeness (QED) is 0.444. The third kappa shape index (κ3) is 2.69. The summed E-state index contributed by atoms with van der Waals surface area (Å²) < 4.78 is 1.95. The Hall–Kier alpha value is -3.13. The fraction of sp³-hybridized carbons (Fsp3) is 0.316. The Morgan fingerprint density at radius 1 is 1.22 bits per heavy atom. The molecule has 27 heavy (non-hydrogen) atoms. The molecule has 0 saturated heterocycles. The fourth-order valence-corrected chi connectivity index (χ4v) is 3.89. The summed E-state index contributed by atoms with van der Waals surface area (Å²) in [6.07, 6.45) is 9.71. The van der Waals surface area contributed by atoms with Gasteiger partial charge >= 0.3 is 0 Å². The first-order valence-electron chi connectivity index (χ1n) is 9.23. The molecule has 5 N–H and O–H groups in total. The lowest BCUT2D eigenvalue weighted by Gasteiger charge is -2.29. The van der Waals surface area contributed by atoms with Gasteiger partial charge in [0.05, 0.1) is 22.8 Å². The number of rotatable bonds is 3. The molecule has 0 unspecified atom stereocenters. The van der Waals surface area contributed by atoms with Gasteiger partial charge < -0.3 is 21.1 Å². The van der Waals surface area contributed by atoms with E-state index < -0.39 is 0 Å². The van der Waals surface area contributed by atoms with Crippen LogP contribution in [0.1, 0.15) is 25.7 Å². The number of pyridine rings is 1. The van der Waals surface area contributed by atoms with Crippen molar-refractivity contribution in [2.24, 2.45) is 5.73 Å². The van der Waals surface area contributed by atoms with Gasteiger partial charge in [-0.3, -0.25) is 4.40 Å². The van der Waals surface area contributed by atoms with Gasteiger partial charge in [0.1, 0.15) is 11.3 Å². The summed E-state index contributed by atoms with van der Waals surface area (Å²) in [6, 6.07) is 6.05. The lowest BCUT2D eigenvalue weighted by Crippen LogP contribution is -2.42. The highest BCUT2D eigenvalue weighted by molar-refractivity contribution is 5.96. The van der Waals surface area contributed by atoms with E-state index in [0.717, 1.165) is 37.0 Å². The SMILES string of the molecule is N[C@H]1CCCC[C@H]1Nc1nc(-c2cnc3ccccn23)c2c(O)[nH]cc2n1. The van der Waals surface area contributed by atoms with Crippen LogP contribution in [-0.2, 0) is 0 Å². The van der Waals surface area contributed by atoms with E-state index in [1.165, 1.54) is 0 Å². The number of fused-ring (bicyclic) bond motifs is 2. The zero-order chi connectivity index (χ0) is 18.4. The minimum absolute atomic E-state index is 0.0480. The predicted molar refractivity (Wildman–Crippen MR) is 104 cm³/mol. The summed E-state index contributed by atoms with van der Waals surface area (Å²) in [4.78, 5) is 16.6. The Morgan fingerprint density at radius 2 is 2.11 bits per heavy atom. The van der Waals surface area contributed by atoms with Crippen LogP contribution in [0.25, 0.3) is 27.9 Å². The Labute approximate surface area is 155 Å².